The minimum Gasteiger partial charge on any atom is -0.461 e. The molecular formula is C6H9FO3. The van der Waals surface area contributed by atoms with Crippen LogP contribution in [0.15, 0.2) is 11.9 Å². The van der Waals surface area contributed by atoms with Gasteiger partial charge in [-0.15, -0.1) is 0 Å². The minimum absolute atomic E-state index is 0.130. The Morgan fingerprint density at radius 2 is 2.40 bits per heavy atom. The summed E-state index contributed by atoms with van der Waals surface area (Å²) in [5, 5.41) is 8.13. The van der Waals surface area contributed by atoms with Gasteiger partial charge in [0.1, 0.15) is 0 Å². The number of hydrogen-bond acceptors (Lipinski definition) is 3. The van der Waals surface area contributed by atoms with Crippen LogP contribution in [0.1, 0.15) is 6.92 Å². The van der Waals surface area contributed by atoms with Crippen molar-refractivity contribution in [3.8, 4) is 0 Å². The molecule has 0 rings (SSSR count). The van der Waals surface area contributed by atoms with Crippen molar-refractivity contribution in [1.29, 1.82) is 0 Å². The number of carbonyl (C=O) groups is 1. The Labute approximate surface area is 58.1 Å². The lowest BCUT2D eigenvalue weighted by atomic mass is 10.5. The Morgan fingerprint density at radius 3 is 2.80 bits per heavy atom. The third-order valence-corrected chi connectivity index (χ3v) is 0.741. The SMILES string of the molecule is CCOC(=O)/C(F)=C\CO. The predicted molar refractivity (Wildman–Crippen MR) is 32.9 cm³/mol. The summed E-state index contributed by atoms with van der Waals surface area (Å²) in [5.41, 5.74) is 0. The number of esters is 1. The molecule has 0 aromatic rings. The molecule has 0 heterocycles. The fraction of sp³-hybridized carbons (Fsp3) is 0.500. The van der Waals surface area contributed by atoms with E-state index in [0.717, 1.165) is 6.08 Å². The molecule has 0 fully saturated rings. The van der Waals surface area contributed by atoms with E-state index in [2.05, 4.69) is 4.74 Å². The second kappa shape index (κ2) is 4.93. The number of carbonyl (C=O) groups excluding carboxylic acids is 1. The normalized spacial score (nSPS) is 11.3. The molecular weight excluding hydrogens is 139 g/mol. The van der Waals surface area contributed by atoms with Gasteiger partial charge in [-0.05, 0) is 13.0 Å². The van der Waals surface area contributed by atoms with E-state index < -0.39 is 18.4 Å². The molecule has 0 aliphatic rings. The number of halogens is 1. The smallest absolute Gasteiger partial charge is 0.366 e. The molecule has 0 saturated carbocycles. The summed E-state index contributed by atoms with van der Waals surface area (Å²) >= 11 is 0. The van der Waals surface area contributed by atoms with Gasteiger partial charge >= 0.3 is 5.97 Å². The molecule has 1 N–H and O–H groups in total. The van der Waals surface area contributed by atoms with Gasteiger partial charge in [-0.25, -0.2) is 4.79 Å². The van der Waals surface area contributed by atoms with Gasteiger partial charge < -0.3 is 9.84 Å². The van der Waals surface area contributed by atoms with Crippen LogP contribution in [0.25, 0.3) is 0 Å². The van der Waals surface area contributed by atoms with Crippen molar-refractivity contribution in [3.05, 3.63) is 11.9 Å². The van der Waals surface area contributed by atoms with Gasteiger partial charge in [0.2, 0.25) is 5.83 Å². The Bertz CT molecular complexity index is 142. The molecule has 0 aliphatic carbocycles. The molecule has 0 aromatic heterocycles. The summed E-state index contributed by atoms with van der Waals surface area (Å²) in [6.45, 7) is 1.21. The van der Waals surface area contributed by atoms with Crippen LogP contribution < -0.4 is 0 Å². The van der Waals surface area contributed by atoms with Gasteiger partial charge in [0.05, 0.1) is 13.2 Å². The van der Waals surface area contributed by atoms with Crippen molar-refractivity contribution in [2.24, 2.45) is 0 Å². The molecule has 0 radical (unpaired) electrons. The van der Waals surface area contributed by atoms with Crippen LogP contribution in [-0.4, -0.2) is 24.3 Å². The maximum atomic E-state index is 12.2. The van der Waals surface area contributed by atoms with Crippen LogP contribution in [-0.2, 0) is 9.53 Å². The molecule has 0 saturated heterocycles. The third-order valence-electron chi connectivity index (χ3n) is 0.741. The van der Waals surface area contributed by atoms with E-state index in [9.17, 15) is 9.18 Å². The lowest BCUT2D eigenvalue weighted by Gasteiger charge is -1.96. The van der Waals surface area contributed by atoms with Crippen LogP contribution >= 0.6 is 0 Å². The first-order chi connectivity index (χ1) is 4.72. The highest BCUT2D eigenvalue weighted by atomic mass is 19.1. The summed E-state index contributed by atoms with van der Waals surface area (Å²) in [6.07, 6.45) is 0.748. The summed E-state index contributed by atoms with van der Waals surface area (Å²) in [4.78, 5) is 10.4. The molecule has 0 unspecified atom stereocenters. The lowest BCUT2D eigenvalue weighted by Crippen LogP contribution is -2.04. The van der Waals surface area contributed by atoms with E-state index >= 15 is 0 Å². The van der Waals surface area contributed by atoms with Crippen molar-refractivity contribution in [2.45, 2.75) is 6.92 Å². The molecule has 0 spiro atoms. The topological polar surface area (TPSA) is 46.5 Å². The van der Waals surface area contributed by atoms with Crippen molar-refractivity contribution >= 4 is 5.97 Å². The van der Waals surface area contributed by atoms with E-state index in [4.69, 9.17) is 5.11 Å². The van der Waals surface area contributed by atoms with Crippen molar-refractivity contribution in [1.82, 2.24) is 0 Å². The third kappa shape index (κ3) is 3.19. The molecule has 58 valence electrons. The number of aliphatic hydroxyl groups is 1. The summed E-state index contributed by atoms with van der Waals surface area (Å²) in [6, 6.07) is 0. The van der Waals surface area contributed by atoms with Crippen LogP contribution in [0.5, 0.6) is 0 Å². The van der Waals surface area contributed by atoms with Gasteiger partial charge in [0.15, 0.2) is 0 Å². The molecule has 4 heteroatoms. The number of hydrogen-bond donors (Lipinski definition) is 1. The first-order valence-electron chi connectivity index (χ1n) is 2.86. The zero-order chi connectivity index (χ0) is 7.98. The summed E-state index contributed by atoms with van der Waals surface area (Å²) in [5.74, 6) is -2.08. The van der Waals surface area contributed by atoms with Crippen molar-refractivity contribution in [2.75, 3.05) is 13.2 Å². The first-order valence-corrected chi connectivity index (χ1v) is 2.86. The maximum absolute atomic E-state index is 12.2. The molecule has 10 heavy (non-hydrogen) atoms. The summed E-state index contributed by atoms with van der Waals surface area (Å²) < 4.78 is 16.5. The highest BCUT2D eigenvalue weighted by molar-refractivity contribution is 5.85. The van der Waals surface area contributed by atoms with Crippen LogP contribution in [0, 0.1) is 0 Å². The standard InChI is InChI=1S/C6H9FO3/c1-2-10-6(9)5(7)3-4-8/h3,8H,2,4H2,1H3/b5-3+. The first kappa shape index (κ1) is 9.10. The Hall–Kier alpha value is -0.900. The molecule has 0 atom stereocenters. The average molecular weight is 148 g/mol. The van der Waals surface area contributed by atoms with Gasteiger partial charge in [0.25, 0.3) is 0 Å². The van der Waals surface area contributed by atoms with E-state index in [1.807, 2.05) is 0 Å². The van der Waals surface area contributed by atoms with E-state index in [-0.39, 0.29) is 6.61 Å². The van der Waals surface area contributed by atoms with Gasteiger partial charge in [-0.1, -0.05) is 0 Å². The fourth-order valence-electron chi connectivity index (χ4n) is 0.364. The molecule has 0 bridgehead atoms. The lowest BCUT2D eigenvalue weighted by molar-refractivity contribution is -0.140. The zero-order valence-electron chi connectivity index (χ0n) is 5.63. The Kier molecular flexibility index (Phi) is 4.49. The number of ether oxygens (including phenoxy) is 1. The van der Waals surface area contributed by atoms with Gasteiger partial charge in [0, 0.05) is 0 Å². The minimum atomic E-state index is -1.05. The van der Waals surface area contributed by atoms with Crippen molar-refractivity contribution < 1.29 is 19.0 Å². The van der Waals surface area contributed by atoms with Gasteiger partial charge in [-0.2, -0.15) is 4.39 Å². The molecule has 0 aliphatic heterocycles. The Morgan fingerprint density at radius 1 is 1.80 bits per heavy atom. The van der Waals surface area contributed by atoms with Gasteiger partial charge in [-0.3, -0.25) is 0 Å². The van der Waals surface area contributed by atoms with Crippen molar-refractivity contribution in [3.63, 3.8) is 0 Å². The maximum Gasteiger partial charge on any atom is 0.366 e. The zero-order valence-corrected chi connectivity index (χ0v) is 5.63. The second-order valence-electron chi connectivity index (χ2n) is 1.46. The highest BCUT2D eigenvalue weighted by Gasteiger charge is 2.06. The number of rotatable bonds is 3. The predicted octanol–water partition coefficient (Wildman–Crippen LogP) is 0.395. The van der Waals surface area contributed by atoms with E-state index in [1.54, 1.807) is 6.92 Å². The van der Waals surface area contributed by atoms with Crippen LogP contribution in [0.3, 0.4) is 0 Å². The average Bonchev–Trinajstić information content (AvgIpc) is 1.89. The van der Waals surface area contributed by atoms with E-state index in [1.165, 1.54) is 0 Å². The summed E-state index contributed by atoms with van der Waals surface area (Å²) in [7, 11) is 0. The second-order valence-corrected chi connectivity index (χ2v) is 1.46. The highest BCUT2D eigenvalue weighted by Crippen LogP contribution is 1.97. The van der Waals surface area contributed by atoms with Crippen LogP contribution in [0.4, 0.5) is 4.39 Å². The monoisotopic (exact) mass is 148 g/mol. The molecule has 0 aromatic carbocycles. The van der Waals surface area contributed by atoms with Crippen LogP contribution in [0.2, 0.25) is 0 Å². The molecule has 3 nitrogen and oxygen atoms in total. The largest absolute Gasteiger partial charge is 0.461 e. The Balaban J connectivity index is 3.82. The van der Waals surface area contributed by atoms with E-state index in [0.29, 0.717) is 0 Å². The number of aliphatic hydroxyl groups excluding tert-OH is 1. The fourth-order valence-corrected chi connectivity index (χ4v) is 0.364. The quantitative estimate of drug-likeness (QED) is 0.465. The molecule has 0 amide bonds.